The molecule has 5 aromatic carbocycles. The first kappa shape index (κ1) is 23.4. The van der Waals surface area contributed by atoms with E-state index >= 15 is 0 Å². The molecular weight excluding hydrogens is 514 g/mol. The lowest BCUT2D eigenvalue weighted by atomic mass is 10.0. The Morgan fingerprint density at radius 2 is 1.00 bits per heavy atom. The maximum Gasteiger partial charge on any atom is 0.245 e. The van der Waals surface area contributed by atoms with Gasteiger partial charge in [-0.1, -0.05) is 78.9 Å². The van der Waals surface area contributed by atoms with E-state index in [1.54, 1.807) is 0 Å². The summed E-state index contributed by atoms with van der Waals surface area (Å²) < 4.78 is 9.50. The Balaban J connectivity index is 1.32. The molecule has 0 spiro atoms. The predicted octanol–water partition coefficient (Wildman–Crippen LogP) is 6.38. The van der Waals surface area contributed by atoms with E-state index in [1.165, 1.54) is 55.1 Å². The number of aromatic nitrogens is 5. The number of fused-ring (bicyclic) bond motifs is 12. The Hall–Kier alpha value is -5.29. The number of imidazole rings is 2. The van der Waals surface area contributed by atoms with Crippen molar-refractivity contribution in [3.63, 3.8) is 0 Å². The summed E-state index contributed by atoms with van der Waals surface area (Å²) in [6.07, 6.45) is 4.54. The predicted molar refractivity (Wildman–Crippen MR) is 166 cm³/mol. The topological polar surface area (TPSA) is 30.5 Å². The minimum Gasteiger partial charge on any atom is -0.247 e. The van der Waals surface area contributed by atoms with Crippen molar-refractivity contribution in [3.8, 4) is 0 Å². The number of nitrogens with zero attached hydrogens (tertiary/aromatic N) is 5. The third-order valence-corrected chi connectivity index (χ3v) is 8.77. The molecule has 3 aromatic heterocycles. The molecule has 0 saturated heterocycles. The minimum absolute atomic E-state index is 0.758. The van der Waals surface area contributed by atoms with Gasteiger partial charge in [0.25, 0.3) is 0 Å². The average molecular weight is 544 g/mol. The molecule has 5 heteroatoms. The second-order valence-electron chi connectivity index (χ2n) is 11.5. The standard InChI is InChI=1S/C37H29N5/c1-3-16-34-32(14-1)39-20-26-8-5-9-27(18-26)21-40-25-42(35-17-4-2-15-33(35)40)23-31-13-7-11-29-19-28-10-6-12-30(22-41(34)24-39)36(28)38-37(29)31/h1-19,24-25H,20-23H2/q+2. The van der Waals surface area contributed by atoms with E-state index in [4.69, 9.17) is 4.98 Å². The molecule has 0 fully saturated rings. The molecule has 0 atom stereocenters. The summed E-state index contributed by atoms with van der Waals surface area (Å²) in [7, 11) is 0. The largest absolute Gasteiger partial charge is 0.247 e. The Kier molecular flexibility index (Phi) is 5.08. The fraction of sp³-hybridized carbons (Fsp3) is 0.108. The van der Waals surface area contributed by atoms with Gasteiger partial charge in [0.05, 0.1) is 11.0 Å². The van der Waals surface area contributed by atoms with Gasteiger partial charge in [-0.25, -0.2) is 23.3 Å². The first-order chi connectivity index (χ1) is 20.8. The summed E-state index contributed by atoms with van der Waals surface area (Å²) in [6, 6.07) is 41.9. The second kappa shape index (κ2) is 9.11. The highest BCUT2D eigenvalue weighted by Crippen LogP contribution is 2.27. The quantitative estimate of drug-likeness (QED) is 0.161. The van der Waals surface area contributed by atoms with Crippen LogP contribution in [0.4, 0.5) is 0 Å². The van der Waals surface area contributed by atoms with Crippen LogP contribution in [-0.2, 0) is 26.2 Å². The highest BCUT2D eigenvalue weighted by atomic mass is 15.1. The molecule has 9 rings (SSSR count). The molecule has 0 aliphatic carbocycles. The van der Waals surface area contributed by atoms with Gasteiger partial charge in [0, 0.05) is 21.9 Å². The summed E-state index contributed by atoms with van der Waals surface area (Å²) in [5.74, 6) is 0. The molecule has 4 heterocycles. The van der Waals surface area contributed by atoms with Gasteiger partial charge in [0.1, 0.15) is 26.2 Å². The first-order valence-electron chi connectivity index (χ1n) is 14.6. The summed E-state index contributed by atoms with van der Waals surface area (Å²) >= 11 is 0. The molecule has 8 aromatic rings. The number of para-hydroxylation sites is 6. The van der Waals surface area contributed by atoms with Gasteiger partial charge in [0.15, 0.2) is 22.1 Å². The van der Waals surface area contributed by atoms with Gasteiger partial charge in [-0.3, -0.25) is 0 Å². The van der Waals surface area contributed by atoms with Gasteiger partial charge < -0.3 is 0 Å². The minimum atomic E-state index is 0.758. The Morgan fingerprint density at radius 3 is 1.55 bits per heavy atom. The van der Waals surface area contributed by atoms with E-state index in [2.05, 4.69) is 146 Å². The van der Waals surface area contributed by atoms with Gasteiger partial charge >= 0.3 is 0 Å². The molecule has 42 heavy (non-hydrogen) atoms. The molecule has 1 aliphatic rings. The number of rotatable bonds is 0. The first-order valence-corrected chi connectivity index (χ1v) is 14.6. The average Bonchev–Trinajstić information content (AvgIpc) is 3.54. The van der Waals surface area contributed by atoms with Crippen molar-refractivity contribution in [2.45, 2.75) is 26.2 Å². The van der Waals surface area contributed by atoms with Crippen LogP contribution in [0.3, 0.4) is 0 Å². The molecule has 0 radical (unpaired) electrons. The van der Waals surface area contributed by atoms with Gasteiger partial charge in [0.2, 0.25) is 12.7 Å². The van der Waals surface area contributed by atoms with Crippen molar-refractivity contribution >= 4 is 43.9 Å². The maximum atomic E-state index is 5.39. The van der Waals surface area contributed by atoms with Gasteiger partial charge in [-0.15, -0.1) is 0 Å². The number of hydrogen-bond donors (Lipinski definition) is 0. The molecular formula is C37H29N5+2. The lowest BCUT2D eigenvalue weighted by Crippen LogP contribution is -2.34. The zero-order valence-electron chi connectivity index (χ0n) is 23.2. The Labute approximate surface area is 243 Å². The smallest absolute Gasteiger partial charge is 0.245 e. The molecule has 1 aliphatic heterocycles. The fourth-order valence-electron chi connectivity index (χ4n) is 6.84. The van der Waals surface area contributed by atoms with Crippen LogP contribution in [0.15, 0.2) is 128 Å². The zero-order valence-corrected chi connectivity index (χ0v) is 23.2. The van der Waals surface area contributed by atoms with Crippen LogP contribution in [0, 0.1) is 0 Å². The summed E-state index contributed by atoms with van der Waals surface area (Å²) in [6.45, 7) is 3.15. The fourth-order valence-corrected chi connectivity index (χ4v) is 6.84. The number of benzene rings is 5. The van der Waals surface area contributed by atoms with Crippen molar-refractivity contribution < 1.29 is 9.13 Å². The lowest BCUT2D eigenvalue weighted by molar-refractivity contribution is -0.664. The lowest BCUT2D eigenvalue weighted by Gasteiger charge is -2.09. The second-order valence-corrected chi connectivity index (χ2v) is 11.5. The monoisotopic (exact) mass is 543 g/mol. The normalized spacial score (nSPS) is 13.3. The SMILES string of the molecule is c1cc2cc(c1)C[n+]1cn(c3ccccc31)Cc1cccc3cc4cccc(c4nc13)Cn1c[n+](c3ccccc31)C2. The Morgan fingerprint density at radius 1 is 0.500 bits per heavy atom. The van der Waals surface area contributed by atoms with E-state index in [0.29, 0.717) is 0 Å². The van der Waals surface area contributed by atoms with E-state index < -0.39 is 0 Å². The van der Waals surface area contributed by atoms with Crippen LogP contribution in [0.5, 0.6) is 0 Å². The summed E-state index contributed by atoms with van der Waals surface area (Å²) in [5, 5.41) is 2.36. The van der Waals surface area contributed by atoms with Crippen LogP contribution in [-0.4, -0.2) is 14.1 Å². The van der Waals surface area contributed by atoms with Crippen molar-refractivity contribution in [3.05, 3.63) is 150 Å². The summed E-state index contributed by atoms with van der Waals surface area (Å²) in [5.41, 5.74) is 12.1. The van der Waals surface area contributed by atoms with Crippen molar-refractivity contribution in [1.82, 2.24) is 14.1 Å². The van der Waals surface area contributed by atoms with Crippen molar-refractivity contribution in [2.75, 3.05) is 0 Å². The highest BCUT2D eigenvalue weighted by molar-refractivity contribution is 5.95. The molecule has 0 saturated carbocycles. The van der Waals surface area contributed by atoms with Crippen LogP contribution in [0.1, 0.15) is 22.3 Å². The molecule has 5 nitrogen and oxygen atoms in total. The highest BCUT2D eigenvalue weighted by Gasteiger charge is 2.20. The van der Waals surface area contributed by atoms with E-state index in [0.717, 1.165) is 37.2 Å². The van der Waals surface area contributed by atoms with Crippen molar-refractivity contribution in [1.29, 1.82) is 0 Å². The van der Waals surface area contributed by atoms with Gasteiger partial charge in [-0.05, 0) is 47.5 Å². The molecule has 200 valence electrons. The molecule has 0 amide bonds. The summed E-state index contributed by atoms with van der Waals surface area (Å²) in [4.78, 5) is 5.39. The van der Waals surface area contributed by atoms with Crippen LogP contribution in [0.25, 0.3) is 43.9 Å². The molecule has 0 unspecified atom stereocenters. The number of hydrogen-bond acceptors (Lipinski definition) is 1. The third-order valence-electron chi connectivity index (χ3n) is 8.77. The van der Waals surface area contributed by atoms with E-state index in [1.807, 2.05) is 0 Å². The van der Waals surface area contributed by atoms with E-state index in [-0.39, 0.29) is 0 Å². The molecule has 0 N–H and O–H groups in total. The van der Waals surface area contributed by atoms with Crippen LogP contribution >= 0.6 is 0 Å². The zero-order chi connectivity index (χ0) is 27.6. The van der Waals surface area contributed by atoms with Crippen LogP contribution in [0.2, 0.25) is 0 Å². The number of pyridine rings is 1. The van der Waals surface area contributed by atoms with E-state index in [9.17, 15) is 0 Å². The van der Waals surface area contributed by atoms with Crippen molar-refractivity contribution in [2.24, 2.45) is 0 Å². The Bertz CT molecular complexity index is 2170. The van der Waals surface area contributed by atoms with Gasteiger partial charge in [-0.2, -0.15) is 0 Å². The van der Waals surface area contributed by atoms with Crippen LogP contribution < -0.4 is 9.13 Å². The molecule has 8 bridgehead atoms. The third kappa shape index (κ3) is 3.74. The maximum absolute atomic E-state index is 5.39.